The number of aryl methyl sites for hydroxylation is 1. The van der Waals surface area contributed by atoms with Crippen LogP contribution < -0.4 is 4.74 Å². The molecule has 4 aromatic rings. The minimum absolute atomic E-state index is 0.216. The Morgan fingerprint density at radius 1 is 0.806 bits per heavy atom. The Morgan fingerprint density at radius 2 is 1.56 bits per heavy atom. The number of rotatable bonds is 5. The van der Waals surface area contributed by atoms with Gasteiger partial charge in [-0.3, -0.25) is 0 Å². The lowest BCUT2D eigenvalue weighted by Gasteiger charge is -2.29. The summed E-state index contributed by atoms with van der Waals surface area (Å²) >= 11 is 0. The summed E-state index contributed by atoms with van der Waals surface area (Å²) in [5.41, 5.74) is 7.70. The van der Waals surface area contributed by atoms with Crippen molar-refractivity contribution in [1.29, 1.82) is 0 Å². The number of hydrogen-bond acceptors (Lipinski definition) is 4. The lowest BCUT2D eigenvalue weighted by atomic mass is 10.0. The molecule has 0 saturated carbocycles. The Balaban J connectivity index is 1.28. The van der Waals surface area contributed by atoms with Crippen LogP contribution >= 0.6 is 0 Å². The summed E-state index contributed by atoms with van der Waals surface area (Å²) in [6.45, 7) is 4.17. The summed E-state index contributed by atoms with van der Waals surface area (Å²) in [6.07, 6.45) is 10.9. The summed E-state index contributed by atoms with van der Waals surface area (Å²) in [5, 5.41) is 4.85. The van der Waals surface area contributed by atoms with Crippen molar-refractivity contribution in [2.45, 2.75) is 20.0 Å². The van der Waals surface area contributed by atoms with Crippen molar-refractivity contribution in [2.75, 3.05) is 7.05 Å². The summed E-state index contributed by atoms with van der Waals surface area (Å²) in [6, 6.07) is 26.8. The number of fused-ring (bicyclic) bond motifs is 1. The van der Waals surface area contributed by atoms with E-state index in [4.69, 9.17) is 9.84 Å². The van der Waals surface area contributed by atoms with E-state index in [0.717, 1.165) is 39.8 Å². The summed E-state index contributed by atoms with van der Waals surface area (Å²) in [5.74, 6) is 1.57. The average Bonchev–Trinajstić information content (AvgIpc) is 3.40. The smallest absolute Gasteiger partial charge is 0.129 e. The van der Waals surface area contributed by atoms with E-state index in [1.54, 1.807) is 0 Å². The fourth-order valence-corrected chi connectivity index (χ4v) is 5.05. The molecule has 3 aromatic carbocycles. The Bertz CT molecular complexity index is 1510. The largest absolute Gasteiger partial charge is 0.457 e. The second-order valence-corrected chi connectivity index (χ2v) is 9.18. The van der Waals surface area contributed by atoms with Gasteiger partial charge in [0.2, 0.25) is 0 Å². The Hall–Kier alpha value is -4.51. The summed E-state index contributed by atoms with van der Waals surface area (Å²) in [7, 11) is 2.10. The number of likely N-dealkylation sites (N-methyl/N-ethyl adjacent to an activating group) is 1. The van der Waals surface area contributed by atoms with E-state index in [-0.39, 0.29) is 6.17 Å². The zero-order valence-corrected chi connectivity index (χ0v) is 20.7. The maximum atomic E-state index is 6.33. The van der Waals surface area contributed by atoms with E-state index >= 15 is 0 Å². The highest BCUT2D eigenvalue weighted by atomic mass is 16.5. The Morgan fingerprint density at radius 3 is 2.39 bits per heavy atom. The maximum Gasteiger partial charge on any atom is 0.129 e. The number of allylic oxidation sites excluding steroid dienone is 2. The number of nitrogens with zero attached hydrogens (tertiary/aromatic N) is 4. The van der Waals surface area contributed by atoms with Crippen LogP contribution in [0.4, 0.5) is 0 Å². The van der Waals surface area contributed by atoms with Crippen LogP contribution in [0.1, 0.15) is 17.0 Å². The topological polar surface area (TPSA) is 33.5 Å². The molecular weight excluding hydrogens is 444 g/mol. The third-order valence-corrected chi connectivity index (χ3v) is 6.73. The molecule has 5 nitrogen and oxygen atoms in total. The zero-order chi connectivity index (χ0) is 24.6. The number of benzene rings is 3. The van der Waals surface area contributed by atoms with Crippen LogP contribution in [0.25, 0.3) is 22.5 Å². The molecular formula is C31H28N4O. The lowest BCUT2D eigenvalue weighted by molar-refractivity contribution is 0.282. The predicted octanol–water partition coefficient (Wildman–Crippen LogP) is 6.90. The van der Waals surface area contributed by atoms with Crippen molar-refractivity contribution < 1.29 is 4.74 Å². The van der Waals surface area contributed by atoms with E-state index in [9.17, 15) is 0 Å². The molecule has 0 bridgehead atoms. The molecule has 178 valence electrons. The molecule has 1 aromatic heterocycles. The lowest BCUT2D eigenvalue weighted by Crippen LogP contribution is -2.33. The van der Waals surface area contributed by atoms with Crippen molar-refractivity contribution in [1.82, 2.24) is 19.6 Å². The highest BCUT2D eigenvalue weighted by molar-refractivity contribution is 5.70. The molecule has 2 aliphatic heterocycles. The van der Waals surface area contributed by atoms with Crippen LogP contribution in [0.3, 0.4) is 0 Å². The highest BCUT2D eigenvalue weighted by Crippen LogP contribution is 2.35. The first kappa shape index (κ1) is 22.0. The van der Waals surface area contributed by atoms with Crippen LogP contribution in [0, 0.1) is 13.8 Å². The average molecular weight is 473 g/mol. The van der Waals surface area contributed by atoms with Crippen molar-refractivity contribution in [3.8, 4) is 28.3 Å². The first-order chi connectivity index (χ1) is 17.6. The van der Waals surface area contributed by atoms with Crippen LogP contribution in [0.15, 0.2) is 109 Å². The van der Waals surface area contributed by atoms with Gasteiger partial charge in [0.05, 0.1) is 17.1 Å². The first-order valence-electron chi connectivity index (χ1n) is 12.2. The summed E-state index contributed by atoms with van der Waals surface area (Å²) < 4.78 is 8.33. The van der Waals surface area contributed by atoms with Gasteiger partial charge >= 0.3 is 0 Å². The molecule has 0 fully saturated rings. The predicted molar refractivity (Wildman–Crippen MR) is 145 cm³/mol. The van der Waals surface area contributed by atoms with Crippen LogP contribution in [-0.4, -0.2) is 32.8 Å². The van der Waals surface area contributed by atoms with Crippen molar-refractivity contribution >= 4 is 5.70 Å². The molecule has 3 heterocycles. The van der Waals surface area contributed by atoms with Crippen LogP contribution in [0.2, 0.25) is 0 Å². The van der Waals surface area contributed by atoms with Gasteiger partial charge in [0, 0.05) is 42.3 Å². The molecule has 6 rings (SSSR count). The second-order valence-electron chi connectivity index (χ2n) is 9.18. The van der Waals surface area contributed by atoms with E-state index < -0.39 is 0 Å². The standard InChI is InChI=1S/C31H28N4O/c1-22-31(24-11-5-4-6-12-24)23(2)35(32-22)26-14-10-16-28(20-26)36-27-15-9-13-25(19-27)29-21-33(3)30-17-7-8-18-34(29)30/h4-21,30H,1-3H3. The molecule has 0 saturated heterocycles. The van der Waals surface area contributed by atoms with E-state index in [2.05, 4.69) is 104 Å². The third kappa shape index (κ3) is 3.89. The van der Waals surface area contributed by atoms with E-state index in [1.165, 1.54) is 11.1 Å². The molecule has 1 unspecified atom stereocenters. The normalized spacial score (nSPS) is 16.3. The van der Waals surface area contributed by atoms with Gasteiger partial charge in [-0.15, -0.1) is 0 Å². The molecule has 0 amide bonds. The van der Waals surface area contributed by atoms with Gasteiger partial charge < -0.3 is 14.5 Å². The molecule has 0 aliphatic carbocycles. The maximum absolute atomic E-state index is 6.33. The van der Waals surface area contributed by atoms with Crippen molar-refractivity contribution in [3.05, 3.63) is 126 Å². The van der Waals surface area contributed by atoms with E-state index in [0.29, 0.717) is 0 Å². The quantitative estimate of drug-likeness (QED) is 0.316. The van der Waals surface area contributed by atoms with Crippen LogP contribution in [-0.2, 0) is 0 Å². The van der Waals surface area contributed by atoms with Crippen molar-refractivity contribution in [3.63, 3.8) is 0 Å². The molecule has 0 spiro atoms. The second kappa shape index (κ2) is 8.93. The van der Waals surface area contributed by atoms with Gasteiger partial charge in [-0.05, 0) is 55.8 Å². The Kier molecular flexibility index (Phi) is 5.45. The third-order valence-electron chi connectivity index (χ3n) is 6.73. The van der Waals surface area contributed by atoms with Gasteiger partial charge in [-0.2, -0.15) is 5.10 Å². The molecule has 2 aliphatic rings. The fraction of sp³-hybridized carbons (Fsp3) is 0.129. The Labute approximate surface area is 211 Å². The highest BCUT2D eigenvalue weighted by Gasteiger charge is 2.28. The fourth-order valence-electron chi connectivity index (χ4n) is 5.05. The number of hydrogen-bond donors (Lipinski definition) is 0. The summed E-state index contributed by atoms with van der Waals surface area (Å²) in [4.78, 5) is 4.48. The minimum Gasteiger partial charge on any atom is -0.457 e. The van der Waals surface area contributed by atoms with Gasteiger partial charge in [-0.25, -0.2) is 4.68 Å². The van der Waals surface area contributed by atoms with Crippen molar-refractivity contribution in [2.24, 2.45) is 0 Å². The molecule has 36 heavy (non-hydrogen) atoms. The van der Waals surface area contributed by atoms with Gasteiger partial charge in [0.1, 0.15) is 17.7 Å². The number of ether oxygens (including phenoxy) is 1. The van der Waals surface area contributed by atoms with Gasteiger partial charge in [0.15, 0.2) is 0 Å². The SMILES string of the molecule is Cc1nn(-c2cccc(Oc3cccc(C4=CN(C)C5C=CC=CN45)c3)c2)c(C)c1-c1ccccc1. The van der Waals surface area contributed by atoms with Crippen LogP contribution in [0.5, 0.6) is 11.5 Å². The monoisotopic (exact) mass is 472 g/mol. The molecule has 0 N–H and O–H groups in total. The zero-order valence-electron chi connectivity index (χ0n) is 20.7. The molecule has 0 radical (unpaired) electrons. The van der Waals surface area contributed by atoms with Gasteiger partial charge in [-0.1, -0.05) is 54.6 Å². The molecule has 1 atom stereocenters. The molecule has 5 heteroatoms. The number of aromatic nitrogens is 2. The minimum atomic E-state index is 0.216. The van der Waals surface area contributed by atoms with Gasteiger partial charge in [0.25, 0.3) is 0 Å². The first-order valence-corrected chi connectivity index (χ1v) is 12.2. The van der Waals surface area contributed by atoms with E-state index in [1.807, 2.05) is 41.1 Å².